The molecule has 2 rings (SSSR count). The molecule has 0 atom stereocenters. The van der Waals surface area contributed by atoms with Crippen LogP contribution in [0.4, 0.5) is 0 Å². The topological polar surface area (TPSA) is 59.4 Å². The van der Waals surface area contributed by atoms with Gasteiger partial charge in [-0.3, -0.25) is 0 Å². The molecule has 1 saturated carbocycles. The lowest BCUT2D eigenvalue weighted by Gasteiger charge is -2.19. The normalized spacial score (nSPS) is 15.3. The Bertz CT molecular complexity index is 473. The summed E-state index contributed by atoms with van der Waals surface area (Å²) in [4.78, 5) is 15.6. The zero-order valence-electron chi connectivity index (χ0n) is 11.8. The Kier molecular flexibility index (Phi) is 3.78. The van der Waals surface area contributed by atoms with Crippen LogP contribution in [0.3, 0.4) is 0 Å². The van der Waals surface area contributed by atoms with E-state index in [0.29, 0.717) is 12.5 Å². The molecule has 19 heavy (non-hydrogen) atoms. The van der Waals surface area contributed by atoms with Crippen LogP contribution in [0.15, 0.2) is 12.1 Å². The smallest absolute Gasteiger partial charge is 0.335 e. The summed E-state index contributed by atoms with van der Waals surface area (Å²) in [5.41, 5.74) is 0.787. The number of nitrogens with zero attached hydrogens (tertiary/aromatic N) is 1. The van der Waals surface area contributed by atoms with Crippen LogP contribution in [-0.4, -0.2) is 22.7 Å². The molecular formula is C15H21NO3. The Labute approximate surface area is 113 Å². The van der Waals surface area contributed by atoms with E-state index in [0.717, 1.165) is 18.0 Å². The van der Waals surface area contributed by atoms with E-state index in [-0.39, 0.29) is 11.0 Å². The second-order valence-corrected chi connectivity index (χ2v) is 6.21. The summed E-state index contributed by atoms with van der Waals surface area (Å²) in [6.45, 7) is 6.64. The lowest BCUT2D eigenvalue weighted by Crippen LogP contribution is -2.16. The number of rotatable bonds is 5. The third-order valence-corrected chi connectivity index (χ3v) is 3.29. The highest BCUT2D eigenvalue weighted by Crippen LogP contribution is 2.32. The molecule has 0 unspecified atom stereocenters. The summed E-state index contributed by atoms with van der Waals surface area (Å²) < 4.78 is 5.61. The van der Waals surface area contributed by atoms with Crippen molar-refractivity contribution in [3.05, 3.63) is 23.4 Å². The lowest BCUT2D eigenvalue weighted by atomic mass is 9.91. The van der Waals surface area contributed by atoms with E-state index >= 15 is 0 Å². The molecule has 4 nitrogen and oxygen atoms in total. The number of carbonyl (C=O) groups is 1. The fourth-order valence-electron chi connectivity index (χ4n) is 1.82. The summed E-state index contributed by atoms with van der Waals surface area (Å²) in [5.74, 6) is 0.273. The largest absolute Gasteiger partial charge is 0.478 e. The molecule has 0 radical (unpaired) electrons. The predicted octanol–water partition coefficient (Wildman–Crippen LogP) is 3.26. The first kappa shape index (κ1) is 13.8. The van der Waals surface area contributed by atoms with Crippen molar-refractivity contribution in [2.45, 2.75) is 45.4 Å². The third-order valence-electron chi connectivity index (χ3n) is 3.29. The molecule has 0 aliphatic heterocycles. The van der Waals surface area contributed by atoms with Crippen LogP contribution in [0, 0.1) is 5.92 Å². The Balaban J connectivity index is 2.15. The first-order valence-electron chi connectivity index (χ1n) is 6.75. The first-order chi connectivity index (χ1) is 8.86. The summed E-state index contributed by atoms with van der Waals surface area (Å²) in [7, 11) is 0. The van der Waals surface area contributed by atoms with Crippen molar-refractivity contribution < 1.29 is 14.6 Å². The van der Waals surface area contributed by atoms with Crippen LogP contribution in [0.1, 0.15) is 56.1 Å². The molecule has 1 aromatic rings. The van der Waals surface area contributed by atoms with Gasteiger partial charge in [0.1, 0.15) is 0 Å². The average molecular weight is 263 g/mol. The van der Waals surface area contributed by atoms with Gasteiger partial charge in [-0.15, -0.1) is 0 Å². The van der Waals surface area contributed by atoms with Crippen molar-refractivity contribution in [2.75, 3.05) is 6.61 Å². The number of carboxylic acid groups (broad SMARTS) is 1. The third kappa shape index (κ3) is 3.94. The molecule has 0 spiro atoms. The number of aromatic carboxylic acids is 1. The zero-order chi connectivity index (χ0) is 14.0. The summed E-state index contributed by atoms with van der Waals surface area (Å²) in [5, 5.41) is 9.14. The van der Waals surface area contributed by atoms with E-state index in [9.17, 15) is 4.79 Å². The second-order valence-electron chi connectivity index (χ2n) is 6.21. The maximum absolute atomic E-state index is 11.1. The SMILES string of the molecule is CC(C)(C)c1cc(C(=O)O)cc(OCCC2CC2)n1. The molecule has 1 aromatic heterocycles. The molecule has 104 valence electrons. The van der Waals surface area contributed by atoms with E-state index in [1.54, 1.807) is 6.07 Å². The number of aromatic nitrogens is 1. The van der Waals surface area contributed by atoms with E-state index < -0.39 is 5.97 Å². The van der Waals surface area contributed by atoms with Crippen LogP contribution in [0.25, 0.3) is 0 Å². The van der Waals surface area contributed by atoms with Crippen LogP contribution >= 0.6 is 0 Å². The van der Waals surface area contributed by atoms with Gasteiger partial charge in [0.25, 0.3) is 0 Å². The van der Waals surface area contributed by atoms with Gasteiger partial charge in [0.05, 0.1) is 17.9 Å². The standard InChI is InChI=1S/C15H21NO3/c1-15(2,3)12-8-11(14(17)18)9-13(16-12)19-7-6-10-4-5-10/h8-10H,4-7H2,1-3H3,(H,17,18). The van der Waals surface area contributed by atoms with Gasteiger partial charge < -0.3 is 9.84 Å². The van der Waals surface area contributed by atoms with Crippen LogP contribution in [0.5, 0.6) is 5.88 Å². The maximum Gasteiger partial charge on any atom is 0.335 e. The van der Waals surface area contributed by atoms with Crippen LogP contribution in [0.2, 0.25) is 0 Å². The van der Waals surface area contributed by atoms with E-state index in [1.165, 1.54) is 18.9 Å². The number of hydrogen-bond donors (Lipinski definition) is 1. The van der Waals surface area contributed by atoms with Gasteiger partial charge in [0.15, 0.2) is 0 Å². The molecule has 1 fully saturated rings. The lowest BCUT2D eigenvalue weighted by molar-refractivity contribution is 0.0696. The van der Waals surface area contributed by atoms with Gasteiger partial charge in [0, 0.05) is 11.5 Å². The van der Waals surface area contributed by atoms with Gasteiger partial charge >= 0.3 is 5.97 Å². The minimum absolute atomic E-state index is 0.194. The van der Waals surface area contributed by atoms with Crippen molar-refractivity contribution >= 4 is 5.97 Å². The number of pyridine rings is 1. The van der Waals surface area contributed by atoms with Crippen molar-refractivity contribution in [2.24, 2.45) is 5.92 Å². The summed E-state index contributed by atoms with van der Waals surface area (Å²) in [6.07, 6.45) is 3.61. The van der Waals surface area contributed by atoms with Gasteiger partial charge in [-0.05, 0) is 18.4 Å². The Morgan fingerprint density at radius 2 is 2.11 bits per heavy atom. The molecule has 1 aliphatic carbocycles. The number of hydrogen-bond acceptors (Lipinski definition) is 3. The average Bonchev–Trinajstić information content (AvgIpc) is 3.11. The maximum atomic E-state index is 11.1. The highest BCUT2D eigenvalue weighted by molar-refractivity contribution is 5.88. The molecule has 0 bridgehead atoms. The molecular weight excluding hydrogens is 242 g/mol. The Morgan fingerprint density at radius 1 is 1.42 bits per heavy atom. The fraction of sp³-hybridized carbons (Fsp3) is 0.600. The molecule has 0 saturated heterocycles. The van der Waals surface area contributed by atoms with E-state index in [2.05, 4.69) is 4.98 Å². The highest BCUT2D eigenvalue weighted by atomic mass is 16.5. The molecule has 0 amide bonds. The molecule has 1 heterocycles. The van der Waals surface area contributed by atoms with Crippen LogP contribution < -0.4 is 4.74 Å². The summed E-state index contributed by atoms with van der Waals surface area (Å²) >= 11 is 0. The molecule has 1 aliphatic rings. The Morgan fingerprint density at radius 3 is 2.63 bits per heavy atom. The molecule has 4 heteroatoms. The summed E-state index contributed by atoms with van der Waals surface area (Å²) in [6, 6.07) is 3.13. The van der Waals surface area contributed by atoms with Gasteiger partial charge in [-0.2, -0.15) is 0 Å². The Hall–Kier alpha value is -1.58. The minimum Gasteiger partial charge on any atom is -0.478 e. The van der Waals surface area contributed by atoms with Crippen molar-refractivity contribution in [1.82, 2.24) is 4.98 Å². The fourth-order valence-corrected chi connectivity index (χ4v) is 1.82. The number of ether oxygens (including phenoxy) is 1. The number of carboxylic acids is 1. The van der Waals surface area contributed by atoms with Gasteiger partial charge in [0.2, 0.25) is 5.88 Å². The van der Waals surface area contributed by atoms with Crippen LogP contribution in [-0.2, 0) is 5.41 Å². The monoisotopic (exact) mass is 263 g/mol. The zero-order valence-corrected chi connectivity index (χ0v) is 11.8. The highest BCUT2D eigenvalue weighted by Gasteiger charge is 2.22. The predicted molar refractivity (Wildman–Crippen MR) is 72.7 cm³/mol. The quantitative estimate of drug-likeness (QED) is 0.885. The molecule has 1 N–H and O–H groups in total. The van der Waals surface area contributed by atoms with Crippen molar-refractivity contribution in [3.8, 4) is 5.88 Å². The minimum atomic E-state index is -0.944. The van der Waals surface area contributed by atoms with Crippen molar-refractivity contribution in [1.29, 1.82) is 0 Å². The first-order valence-corrected chi connectivity index (χ1v) is 6.75. The van der Waals surface area contributed by atoms with Crippen molar-refractivity contribution in [3.63, 3.8) is 0 Å². The van der Waals surface area contributed by atoms with Gasteiger partial charge in [-0.25, -0.2) is 9.78 Å². The van der Waals surface area contributed by atoms with E-state index in [1.807, 2.05) is 20.8 Å². The van der Waals surface area contributed by atoms with Gasteiger partial charge in [-0.1, -0.05) is 33.6 Å². The molecule has 0 aromatic carbocycles. The van der Waals surface area contributed by atoms with E-state index in [4.69, 9.17) is 9.84 Å². The second kappa shape index (κ2) is 5.19.